The molecule has 0 aromatic heterocycles. The van der Waals surface area contributed by atoms with Gasteiger partial charge in [0.1, 0.15) is 28.7 Å². The second-order valence-corrected chi connectivity index (χ2v) is 9.23. The highest BCUT2D eigenvalue weighted by molar-refractivity contribution is 5.93. The molecule has 2 N–H and O–H groups in total. The summed E-state index contributed by atoms with van der Waals surface area (Å²) < 4.78 is 21.8. The van der Waals surface area contributed by atoms with Gasteiger partial charge in [0.05, 0.1) is 21.3 Å². The lowest BCUT2D eigenvalue weighted by molar-refractivity contribution is -0.152. The Hall–Kier alpha value is -3.62. The van der Waals surface area contributed by atoms with Gasteiger partial charge in [-0.3, -0.25) is 0 Å². The van der Waals surface area contributed by atoms with Crippen LogP contribution in [-0.2, 0) is 11.3 Å². The van der Waals surface area contributed by atoms with E-state index in [0.29, 0.717) is 41.8 Å². The van der Waals surface area contributed by atoms with Crippen molar-refractivity contribution in [3.8, 4) is 23.0 Å². The molecule has 0 unspecified atom stereocenters. The molecule has 2 aromatic carbocycles. The highest BCUT2D eigenvalue weighted by atomic mass is 16.5. The van der Waals surface area contributed by atoms with Gasteiger partial charge in [-0.1, -0.05) is 44.7 Å². The van der Waals surface area contributed by atoms with Crippen LogP contribution in [-0.4, -0.2) is 55.5 Å². The highest BCUT2D eigenvalue weighted by Crippen LogP contribution is 2.39. The summed E-state index contributed by atoms with van der Waals surface area (Å²) in [5, 5.41) is 12.2. The molecule has 2 aromatic rings. The summed E-state index contributed by atoms with van der Waals surface area (Å²) in [6.45, 7) is 6.09. The van der Waals surface area contributed by atoms with E-state index in [0.717, 1.165) is 31.2 Å². The first kappa shape index (κ1) is 29.6. The molecule has 0 heterocycles. The molecular formula is C28H40N2O7. The highest BCUT2D eigenvalue weighted by Gasteiger charge is 2.29. The molecule has 2 rings (SSSR count). The molecule has 0 saturated carbocycles. The van der Waals surface area contributed by atoms with Crippen molar-refractivity contribution in [2.24, 2.45) is 0 Å². The van der Waals surface area contributed by atoms with Crippen LogP contribution in [0.4, 0.5) is 10.5 Å². The minimum Gasteiger partial charge on any atom is -0.496 e. The Kier molecular flexibility index (Phi) is 11.4. The second-order valence-electron chi connectivity index (χ2n) is 9.23. The fourth-order valence-corrected chi connectivity index (χ4v) is 3.70. The number of hydrogen-bond acceptors (Lipinski definition) is 6. The van der Waals surface area contributed by atoms with Crippen molar-refractivity contribution in [3.05, 3.63) is 42.0 Å². The Morgan fingerprint density at radius 3 is 2.00 bits per heavy atom. The molecule has 9 nitrogen and oxygen atoms in total. The number of anilines is 1. The van der Waals surface area contributed by atoms with Crippen LogP contribution in [0.15, 0.2) is 36.4 Å². The molecule has 9 heteroatoms. The van der Waals surface area contributed by atoms with Crippen LogP contribution in [0.2, 0.25) is 0 Å². The molecule has 0 bridgehead atoms. The van der Waals surface area contributed by atoms with Crippen molar-refractivity contribution in [2.45, 2.75) is 65.0 Å². The maximum absolute atomic E-state index is 13.4. The van der Waals surface area contributed by atoms with E-state index in [2.05, 4.69) is 12.2 Å². The van der Waals surface area contributed by atoms with Gasteiger partial charge in [0.25, 0.3) is 0 Å². The van der Waals surface area contributed by atoms with Crippen LogP contribution in [0.5, 0.6) is 23.0 Å². The zero-order chi connectivity index (χ0) is 27.4. The van der Waals surface area contributed by atoms with Crippen LogP contribution in [0.1, 0.15) is 58.4 Å². The zero-order valence-corrected chi connectivity index (χ0v) is 22.8. The number of carbonyl (C=O) groups excluding carboxylic acids is 1. The summed E-state index contributed by atoms with van der Waals surface area (Å²) in [6, 6.07) is 10.2. The summed E-state index contributed by atoms with van der Waals surface area (Å²) in [7, 11) is 4.58. The molecule has 0 fully saturated rings. The predicted molar refractivity (Wildman–Crippen MR) is 143 cm³/mol. The molecule has 0 spiro atoms. The van der Waals surface area contributed by atoms with Gasteiger partial charge in [0, 0.05) is 25.2 Å². The number of aliphatic carboxylic acids is 1. The van der Waals surface area contributed by atoms with E-state index >= 15 is 0 Å². The standard InChI is InChI=1S/C28H40N2O7/c1-7-8-9-10-11-16-30(19-20-12-14-21(15-13-20)37-28(2,3)26(31)32)27(33)29-25-23(35-5)17-22(34-4)18-24(25)36-6/h12-15,17-18H,7-11,16,19H2,1-6H3,(H,29,33)(H,31,32). The van der Waals surface area contributed by atoms with E-state index in [1.807, 2.05) is 12.1 Å². The van der Waals surface area contributed by atoms with Crippen molar-refractivity contribution in [1.82, 2.24) is 4.90 Å². The largest absolute Gasteiger partial charge is 0.496 e. The molecule has 0 radical (unpaired) electrons. The number of methoxy groups -OCH3 is 3. The first-order chi connectivity index (χ1) is 17.6. The summed E-state index contributed by atoms with van der Waals surface area (Å²) >= 11 is 0. The predicted octanol–water partition coefficient (Wildman–Crippen LogP) is 5.96. The van der Waals surface area contributed by atoms with Crippen LogP contribution >= 0.6 is 0 Å². The normalized spacial score (nSPS) is 11.0. The Balaban J connectivity index is 2.22. The van der Waals surface area contributed by atoms with Gasteiger partial charge in [-0.15, -0.1) is 0 Å². The molecule has 2 amide bonds. The fourth-order valence-electron chi connectivity index (χ4n) is 3.70. The Morgan fingerprint density at radius 1 is 0.892 bits per heavy atom. The Bertz CT molecular complexity index is 997. The van der Waals surface area contributed by atoms with Crippen molar-refractivity contribution in [1.29, 1.82) is 0 Å². The lowest BCUT2D eigenvalue weighted by Crippen LogP contribution is -2.37. The molecule has 0 saturated heterocycles. The summed E-state index contributed by atoms with van der Waals surface area (Å²) in [5.41, 5.74) is -0.0353. The molecule has 0 aliphatic heterocycles. The molecule has 0 aliphatic rings. The van der Waals surface area contributed by atoms with Gasteiger partial charge in [0.15, 0.2) is 5.60 Å². The fraction of sp³-hybridized carbons (Fsp3) is 0.500. The number of hydrogen-bond donors (Lipinski definition) is 2. The first-order valence-corrected chi connectivity index (χ1v) is 12.5. The second kappa shape index (κ2) is 14.2. The van der Waals surface area contributed by atoms with Crippen LogP contribution in [0.3, 0.4) is 0 Å². The molecule has 0 atom stereocenters. The van der Waals surface area contributed by atoms with E-state index < -0.39 is 11.6 Å². The van der Waals surface area contributed by atoms with Crippen molar-refractivity contribution in [2.75, 3.05) is 33.2 Å². The van der Waals surface area contributed by atoms with Gasteiger partial charge >= 0.3 is 12.0 Å². The smallest absolute Gasteiger partial charge is 0.347 e. The zero-order valence-electron chi connectivity index (χ0n) is 22.8. The number of rotatable bonds is 15. The maximum Gasteiger partial charge on any atom is 0.347 e. The number of unbranched alkanes of at least 4 members (excludes halogenated alkanes) is 4. The van der Waals surface area contributed by atoms with Gasteiger partial charge < -0.3 is 34.3 Å². The number of nitrogens with zero attached hydrogens (tertiary/aromatic N) is 1. The number of ether oxygens (including phenoxy) is 4. The minimum absolute atomic E-state index is 0.287. The molecular weight excluding hydrogens is 476 g/mol. The number of carbonyl (C=O) groups is 2. The van der Waals surface area contributed by atoms with Gasteiger partial charge in [0.2, 0.25) is 0 Å². The Labute approximate surface area is 219 Å². The SMILES string of the molecule is CCCCCCCN(Cc1ccc(OC(C)(C)C(=O)O)cc1)C(=O)Nc1c(OC)cc(OC)cc1OC. The summed E-state index contributed by atoms with van der Waals surface area (Å²) in [4.78, 5) is 26.5. The van der Waals surface area contributed by atoms with E-state index in [-0.39, 0.29) is 6.03 Å². The maximum atomic E-state index is 13.4. The number of nitrogens with one attached hydrogen (secondary N) is 1. The van der Waals surface area contributed by atoms with Crippen molar-refractivity contribution in [3.63, 3.8) is 0 Å². The van der Waals surface area contributed by atoms with E-state index in [4.69, 9.17) is 18.9 Å². The van der Waals surface area contributed by atoms with Gasteiger partial charge in [-0.05, 0) is 38.0 Å². The minimum atomic E-state index is -1.34. The average Bonchev–Trinajstić information content (AvgIpc) is 2.88. The number of benzene rings is 2. The third kappa shape index (κ3) is 8.77. The average molecular weight is 517 g/mol. The lowest BCUT2D eigenvalue weighted by atomic mass is 10.1. The van der Waals surface area contributed by atoms with Crippen LogP contribution < -0.4 is 24.3 Å². The topological polar surface area (TPSA) is 107 Å². The van der Waals surface area contributed by atoms with E-state index in [1.165, 1.54) is 34.5 Å². The van der Waals surface area contributed by atoms with Crippen molar-refractivity contribution < 1.29 is 33.6 Å². The van der Waals surface area contributed by atoms with Gasteiger partial charge in [-0.25, -0.2) is 9.59 Å². The number of amides is 2. The number of urea groups is 1. The first-order valence-electron chi connectivity index (χ1n) is 12.5. The van der Waals surface area contributed by atoms with E-state index in [9.17, 15) is 14.7 Å². The third-order valence-electron chi connectivity index (χ3n) is 5.95. The summed E-state index contributed by atoms with van der Waals surface area (Å²) in [5.74, 6) is 0.796. The Morgan fingerprint density at radius 2 is 1.49 bits per heavy atom. The summed E-state index contributed by atoms with van der Waals surface area (Å²) in [6.07, 6.45) is 5.34. The molecule has 37 heavy (non-hydrogen) atoms. The molecule has 0 aliphatic carbocycles. The van der Waals surface area contributed by atoms with Gasteiger partial charge in [-0.2, -0.15) is 0 Å². The lowest BCUT2D eigenvalue weighted by Gasteiger charge is -2.25. The monoisotopic (exact) mass is 516 g/mol. The van der Waals surface area contributed by atoms with Crippen molar-refractivity contribution >= 4 is 17.7 Å². The quantitative estimate of drug-likeness (QED) is 0.281. The van der Waals surface area contributed by atoms with Crippen LogP contribution in [0.25, 0.3) is 0 Å². The number of carboxylic acid groups (broad SMARTS) is 1. The molecule has 204 valence electrons. The van der Waals surface area contributed by atoms with Crippen LogP contribution in [0, 0.1) is 0 Å². The number of carboxylic acids is 1. The third-order valence-corrected chi connectivity index (χ3v) is 5.95. The van der Waals surface area contributed by atoms with E-state index in [1.54, 1.807) is 36.3 Å².